The monoisotopic (exact) mass is 314 g/mol. The Hall–Kier alpha value is -2.58. The van der Waals surface area contributed by atoms with Gasteiger partial charge in [-0.25, -0.2) is 13.2 Å². The first-order valence-corrected chi connectivity index (χ1v) is 8.37. The Labute approximate surface area is 129 Å². The Morgan fingerprint density at radius 3 is 2.27 bits per heavy atom. The molecule has 0 aromatic heterocycles. The molecule has 0 saturated heterocycles. The summed E-state index contributed by atoms with van der Waals surface area (Å²) in [4.78, 5) is 11.9. The number of carbonyl (C=O) groups is 1. The molecule has 0 aliphatic heterocycles. The third-order valence-corrected chi connectivity index (χ3v) is 3.93. The second-order valence-electron chi connectivity index (χ2n) is 4.54. The molecule has 0 atom stereocenters. The third-order valence-electron chi connectivity index (χ3n) is 2.80. The molecule has 0 heterocycles. The summed E-state index contributed by atoms with van der Waals surface area (Å²) in [5.74, 6) is 5.08. The van der Waals surface area contributed by atoms with Crippen LogP contribution in [0.25, 0.3) is 0 Å². The Kier molecular flexibility index (Phi) is 4.97. The molecule has 0 fully saturated rings. The fraction of sp³-hybridized carbons (Fsp3) is 0.118. The lowest BCUT2D eigenvalue weighted by Gasteiger charge is -2.02. The van der Waals surface area contributed by atoms with Crippen molar-refractivity contribution < 1.29 is 17.9 Å². The first-order valence-electron chi connectivity index (χ1n) is 6.48. The molecule has 5 heteroatoms. The SMILES string of the molecule is CS(=O)(=O)c1ccc(C(=O)OCC#Cc2ccccc2)cc1. The van der Waals surface area contributed by atoms with Crippen molar-refractivity contribution in [1.82, 2.24) is 0 Å². The van der Waals surface area contributed by atoms with Gasteiger partial charge in [-0.1, -0.05) is 30.0 Å². The van der Waals surface area contributed by atoms with Crippen LogP contribution >= 0.6 is 0 Å². The van der Waals surface area contributed by atoms with Gasteiger partial charge in [0.2, 0.25) is 0 Å². The van der Waals surface area contributed by atoms with E-state index in [1.807, 2.05) is 30.3 Å². The van der Waals surface area contributed by atoms with E-state index in [1.54, 1.807) is 0 Å². The van der Waals surface area contributed by atoms with Crippen LogP contribution in [0, 0.1) is 11.8 Å². The number of ether oxygens (including phenoxy) is 1. The Bertz CT molecular complexity index is 810. The summed E-state index contributed by atoms with van der Waals surface area (Å²) in [5.41, 5.74) is 1.13. The maximum atomic E-state index is 11.8. The van der Waals surface area contributed by atoms with E-state index in [0.29, 0.717) is 0 Å². The minimum Gasteiger partial charge on any atom is -0.449 e. The molecular weight excluding hydrogens is 300 g/mol. The van der Waals surface area contributed by atoms with Crippen LogP contribution in [0.1, 0.15) is 15.9 Å². The molecule has 0 aliphatic carbocycles. The van der Waals surface area contributed by atoms with Gasteiger partial charge >= 0.3 is 5.97 Å². The van der Waals surface area contributed by atoms with Gasteiger partial charge in [-0.3, -0.25) is 0 Å². The van der Waals surface area contributed by atoms with E-state index in [4.69, 9.17) is 4.74 Å². The molecule has 0 aliphatic rings. The fourth-order valence-electron chi connectivity index (χ4n) is 1.68. The number of carbonyl (C=O) groups excluding carboxylic acids is 1. The average molecular weight is 314 g/mol. The molecule has 0 spiro atoms. The zero-order valence-corrected chi connectivity index (χ0v) is 12.8. The van der Waals surface area contributed by atoms with Crippen LogP contribution in [0.4, 0.5) is 0 Å². The molecule has 2 aromatic rings. The Morgan fingerprint density at radius 2 is 1.68 bits per heavy atom. The van der Waals surface area contributed by atoms with Crippen LogP contribution in [-0.2, 0) is 14.6 Å². The molecule has 0 bridgehead atoms. The number of hydrogen-bond acceptors (Lipinski definition) is 4. The van der Waals surface area contributed by atoms with Crippen molar-refractivity contribution in [2.24, 2.45) is 0 Å². The number of benzene rings is 2. The van der Waals surface area contributed by atoms with Crippen molar-refractivity contribution >= 4 is 15.8 Å². The maximum absolute atomic E-state index is 11.8. The van der Waals surface area contributed by atoms with E-state index in [-0.39, 0.29) is 17.1 Å². The number of hydrogen-bond donors (Lipinski definition) is 0. The highest BCUT2D eigenvalue weighted by molar-refractivity contribution is 7.90. The minimum atomic E-state index is -3.27. The lowest BCUT2D eigenvalue weighted by atomic mass is 10.2. The average Bonchev–Trinajstić information content (AvgIpc) is 2.52. The van der Waals surface area contributed by atoms with Gasteiger partial charge < -0.3 is 4.74 Å². The molecule has 22 heavy (non-hydrogen) atoms. The minimum absolute atomic E-state index is 0.0262. The Balaban J connectivity index is 1.94. The molecule has 0 radical (unpaired) electrons. The van der Waals surface area contributed by atoms with Crippen LogP contribution in [0.2, 0.25) is 0 Å². The Morgan fingerprint density at radius 1 is 1.05 bits per heavy atom. The molecule has 2 aromatic carbocycles. The van der Waals surface area contributed by atoms with E-state index in [1.165, 1.54) is 24.3 Å². The molecule has 0 saturated carbocycles. The van der Waals surface area contributed by atoms with E-state index >= 15 is 0 Å². The molecule has 112 valence electrons. The van der Waals surface area contributed by atoms with Gasteiger partial charge in [0, 0.05) is 11.8 Å². The van der Waals surface area contributed by atoms with Crippen molar-refractivity contribution in [3.63, 3.8) is 0 Å². The summed E-state index contributed by atoms with van der Waals surface area (Å²) in [6.45, 7) is -0.0262. The standard InChI is InChI=1S/C17H14O4S/c1-22(19,20)16-11-9-15(10-12-16)17(18)21-13-5-8-14-6-3-2-4-7-14/h2-4,6-7,9-12H,13H2,1H3. The normalized spacial score (nSPS) is 10.4. The molecular formula is C17H14O4S. The highest BCUT2D eigenvalue weighted by Gasteiger charge is 2.10. The van der Waals surface area contributed by atoms with Crippen LogP contribution in [0.5, 0.6) is 0 Å². The van der Waals surface area contributed by atoms with Crippen molar-refractivity contribution in [3.05, 3.63) is 65.7 Å². The number of rotatable bonds is 3. The lowest BCUT2D eigenvalue weighted by molar-refractivity contribution is 0.0556. The summed E-state index contributed by atoms with van der Waals surface area (Å²) < 4.78 is 27.7. The fourth-order valence-corrected chi connectivity index (χ4v) is 2.31. The van der Waals surface area contributed by atoms with Crippen LogP contribution < -0.4 is 0 Å². The zero-order valence-electron chi connectivity index (χ0n) is 11.9. The van der Waals surface area contributed by atoms with Crippen LogP contribution in [0.15, 0.2) is 59.5 Å². The molecule has 0 unspecified atom stereocenters. The maximum Gasteiger partial charge on any atom is 0.339 e. The first kappa shape index (κ1) is 15.8. The summed E-state index contributed by atoms with van der Waals surface area (Å²) in [6.07, 6.45) is 1.11. The highest BCUT2D eigenvalue weighted by atomic mass is 32.2. The van der Waals surface area contributed by atoms with Gasteiger partial charge in [-0.2, -0.15) is 0 Å². The summed E-state index contributed by atoms with van der Waals surface area (Å²) in [7, 11) is -3.27. The number of esters is 1. The quantitative estimate of drug-likeness (QED) is 0.644. The lowest BCUT2D eigenvalue weighted by Crippen LogP contribution is -2.06. The summed E-state index contributed by atoms with van der Waals surface area (Å²) in [5, 5.41) is 0. The van der Waals surface area contributed by atoms with Crippen molar-refractivity contribution in [2.45, 2.75) is 4.90 Å². The van der Waals surface area contributed by atoms with Crippen molar-refractivity contribution in [2.75, 3.05) is 12.9 Å². The molecule has 0 amide bonds. The van der Waals surface area contributed by atoms with Crippen molar-refractivity contribution in [1.29, 1.82) is 0 Å². The van der Waals surface area contributed by atoms with Gasteiger partial charge in [0.25, 0.3) is 0 Å². The molecule has 4 nitrogen and oxygen atoms in total. The van der Waals surface area contributed by atoms with Gasteiger partial charge in [-0.15, -0.1) is 0 Å². The molecule has 0 N–H and O–H groups in total. The van der Waals surface area contributed by atoms with E-state index in [9.17, 15) is 13.2 Å². The van der Waals surface area contributed by atoms with Crippen LogP contribution in [0.3, 0.4) is 0 Å². The van der Waals surface area contributed by atoms with Gasteiger partial charge in [-0.05, 0) is 36.4 Å². The first-order chi connectivity index (χ1) is 10.5. The summed E-state index contributed by atoms with van der Waals surface area (Å²) >= 11 is 0. The van der Waals surface area contributed by atoms with Gasteiger partial charge in [0.15, 0.2) is 16.4 Å². The highest BCUT2D eigenvalue weighted by Crippen LogP contribution is 2.11. The second kappa shape index (κ2) is 6.92. The third kappa shape index (κ3) is 4.47. The largest absolute Gasteiger partial charge is 0.449 e. The van der Waals surface area contributed by atoms with Crippen LogP contribution in [-0.4, -0.2) is 27.2 Å². The smallest absolute Gasteiger partial charge is 0.339 e. The number of sulfone groups is 1. The molecule has 2 rings (SSSR count). The van der Waals surface area contributed by atoms with E-state index in [0.717, 1.165) is 11.8 Å². The second-order valence-corrected chi connectivity index (χ2v) is 6.56. The van der Waals surface area contributed by atoms with E-state index in [2.05, 4.69) is 11.8 Å². The van der Waals surface area contributed by atoms with Crippen molar-refractivity contribution in [3.8, 4) is 11.8 Å². The van der Waals surface area contributed by atoms with E-state index < -0.39 is 15.8 Å². The topological polar surface area (TPSA) is 60.4 Å². The summed E-state index contributed by atoms with van der Waals surface area (Å²) in [6, 6.07) is 15.0. The van der Waals surface area contributed by atoms with Gasteiger partial charge in [0.05, 0.1) is 10.5 Å². The zero-order chi connectivity index (χ0) is 16.0. The van der Waals surface area contributed by atoms with Gasteiger partial charge in [0.1, 0.15) is 0 Å². The predicted molar refractivity (Wildman–Crippen MR) is 83.2 cm³/mol. The predicted octanol–water partition coefficient (Wildman–Crippen LogP) is 2.30.